The van der Waals surface area contributed by atoms with Crippen LogP contribution in [0, 0.1) is 5.92 Å². The first-order valence-corrected chi connectivity index (χ1v) is 7.07. The molecule has 1 aromatic heterocycles. The van der Waals surface area contributed by atoms with Crippen LogP contribution >= 0.6 is 15.9 Å². The van der Waals surface area contributed by atoms with Gasteiger partial charge in [-0.25, -0.2) is 4.79 Å². The fraction of sp³-hybridized carbons (Fsp3) is 0.462. The molecule has 96 valence electrons. The van der Waals surface area contributed by atoms with Crippen LogP contribution in [0.5, 0.6) is 0 Å². The van der Waals surface area contributed by atoms with E-state index in [1.165, 1.54) is 24.8 Å². The molecule has 4 nitrogen and oxygen atoms in total. The molecule has 1 aliphatic carbocycles. The summed E-state index contributed by atoms with van der Waals surface area (Å²) in [7, 11) is 2.00. The Labute approximate surface area is 113 Å². The predicted molar refractivity (Wildman–Crippen MR) is 75.8 cm³/mol. The number of nitrogens with one attached hydrogen (secondary N) is 3. The first-order valence-electron chi connectivity index (χ1n) is 6.27. The molecule has 3 N–H and O–H groups in total. The summed E-state index contributed by atoms with van der Waals surface area (Å²) in [4.78, 5) is 16.9. The van der Waals surface area contributed by atoms with E-state index in [4.69, 9.17) is 0 Å². The molecule has 1 fully saturated rings. The van der Waals surface area contributed by atoms with Gasteiger partial charge in [-0.15, -0.1) is 0 Å². The molecule has 1 unspecified atom stereocenters. The second kappa shape index (κ2) is 4.55. The van der Waals surface area contributed by atoms with Crippen molar-refractivity contribution >= 4 is 27.0 Å². The maximum absolute atomic E-state index is 11.3. The lowest BCUT2D eigenvalue weighted by atomic mass is 9.77. The van der Waals surface area contributed by atoms with E-state index in [1.807, 2.05) is 13.1 Å². The minimum absolute atomic E-state index is 0.154. The van der Waals surface area contributed by atoms with Crippen LogP contribution in [0.4, 0.5) is 0 Å². The molecule has 0 aliphatic heterocycles. The van der Waals surface area contributed by atoms with Crippen LogP contribution in [0.2, 0.25) is 0 Å². The molecule has 1 aliphatic rings. The topological polar surface area (TPSA) is 60.7 Å². The van der Waals surface area contributed by atoms with Crippen molar-refractivity contribution in [2.75, 3.05) is 7.05 Å². The van der Waals surface area contributed by atoms with Crippen LogP contribution in [0.25, 0.3) is 11.0 Å². The van der Waals surface area contributed by atoms with Crippen LogP contribution in [0.3, 0.4) is 0 Å². The summed E-state index contributed by atoms with van der Waals surface area (Å²) in [5.74, 6) is 0.703. The predicted octanol–water partition coefficient (Wildman–Crippen LogP) is 2.68. The Morgan fingerprint density at radius 1 is 1.33 bits per heavy atom. The lowest BCUT2D eigenvalue weighted by Gasteiger charge is -2.34. The lowest BCUT2D eigenvalue weighted by molar-refractivity contribution is 0.239. The van der Waals surface area contributed by atoms with Gasteiger partial charge in [0.25, 0.3) is 0 Å². The van der Waals surface area contributed by atoms with Gasteiger partial charge in [0.2, 0.25) is 0 Å². The summed E-state index contributed by atoms with van der Waals surface area (Å²) in [6.45, 7) is 0. The van der Waals surface area contributed by atoms with Crippen molar-refractivity contribution in [1.82, 2.24) is 15.3 Å². The fourth-order valence-electron chi connectivity index (χ4n) is 2.73. The van der Waals surface area contributed by atoms with Crippen LogP contribution in [-0.4, -0.2) is 17.0 Å². The van der Waals surface area contributed by atoms with Gasteiger partial charge in [0.1, 0.15) is 0 Å². The lowest BCUT2D eigenvalue weighted by Crippen LogP contribution is -2.30. The van der Waals surface area contributed by atoms with Gasteiger partial charge in [-0.2, -0.15) is 0 Å². The summed E-state index contributed by atoms with van der Waals surface area (Å²) in [6.07, 6.45) is 3.88. The highest BCUT2D eigenvalue weighted by molar-refractivity contribution is 9.10. The molecule has 0 radical (unpaired) electrons. The van der Waals surface area contributed by atoms with E-state index in [1.54, 1.807) is 0 Å². The first kappa shape index (κ1) is 12.0. The molecule has 1 aromatic carbocycles. The first-order chi connectivity index (χ1) is 8.69. The maximum atomic E-state index is 11.3. The van der Waals surface area contributed by atoms with E-state index < -0.39 is 0 Å². The van der Waals surface area contributed by atoms with E-state index >= 15 is 0 Å². The third-order valence-electron chi connectivity index (χ3n) is 3.90. The Morgan fingerprint density at radius 2 is 2.00 bits per heavy atom. The number of imidazole rings is 1. The number of H-pyrrole nitrogens is 2. The van der Waals surface area contributed by atoms with Gasteiger partial charge < -0.3 is 15.3 Å². The minimum atomic E-state index is -0.154. The molecule has 1 saturated carbocycles. The van der Waals surface area contributed by atoms with Crippen LogP contribution in [0.1, 0.15) is 30.9 Å². The monoisotopic (exact) mass is 309 g/mol. The summed E-state index contributed by atoms with van der Waals surface area (Å²) in [5, 5.41) is 3.40. The number of fused-ring (bicyclic) bond motifs is 1. The van der Waals surface area contributed by atoms with Crippen molar-refractivity contribution in [2.24, 2.45) is 5.92 Å². The van der Waals surface area contributed by atoms with E-state index in [2.05, 4.69) is 37.3 Å². The number of aromatic amines is 2. The zero-order valence-electron chi connectivity index (χ0n) is 10.2. The number of hydrogen-bond donors (Lipinski definition) is 3. The molecule has 0 saturated heterocycles. The van der Waals surface area contributed by atoms with E-state index in [-0.39, 0.29) is 5.69 Å². The molecular formula is C13H16BrN3O. The van der Waals surface area contributed by atoms with Crippen molar-refractivity contribution in [3.05, 3.63) is 32.7 Å². The molecule has 5 heteroatoms. The Hall–Kier alpha value is -1.07. The largest absolute Gasteiger partial charge is 0.323 e. The summed E-state index contributed by atoms with van der Waals surface area (Å²) in [5.41, 5.74) is 2.79. The van der Waals surface area contributed by atoms with Crippen molar-refractivity contribution < 1.29 is 0 Å². The molecule has 0 spiro atoms. The van der Waals surface area contributed by atoms with Gasteiger partial charge in [-0.05, 0) is 43.5 Å². The molecule has 18 heavy (non-hydrogen) atoms. The van der Waals surface area contributed by atoms with E-state index in [0.29, 0.717) is 12.0 Å². The number of benzene rings is 1. The Morgan fingerprint density at radius 3 is 2.56 bits per heavy atom. The van der Waals surface area contributed by atoms with Gasteiger partial charge in [-0.3, -0.25) is 0 Å². The van der Waals surface area contributed by atoms with Crippen LogP contribution in [-0.2, 0) is 0 Å². The Bertz CT molecular complexity index is 627. The standard InChI is InChI=1S/C13H16BrN3O/c1-15-12(7-3-2-4-7)8-5-10-11(6-9(8)14)17-13(18)16-10/h5-7,12,15H,2-4H2,1H3,(H2,16,17,18). The SMILES string of the molecule is CNC(c1cc2[nH]c(=O)[nH]c2cc1Br)C1CCC1. The normalized spacial score (nSPS) is 17.9. The maximum Gasteiger partial charge on any atom is 0.323 e. The highest BCUT2D eigenvalue weighted by atomic mass is 79.9. The van der Waals surface area contributed by atoms with Crippen molar-refractivity contribution in [2.45, 2.75) is 25.3 Å². The fourth-order valence-corrected chi connectivity index (χ4v) is 3.32. The second-order valence-corrected chi connectivity index (χ2v) is 5.81. The molecule has 1 atom stereocenters. The van der Waals surface area contributed by atoms with Gasteiger partial charge in [0.05, 0.1) is 11.0 Å². The summed E-state index contributed by atoms with van der Waals surface area (Å²) < 4.78 is 1.05. The molecule has 0 amide bonds. The number of aromatic nitrogens is 2. The smallest absolute Gasteiger partial charge is 0.313 e. The van der Waals surface area contributed by atoms with Gasteiger partial charge in [0, 0.05) is 10.5 Å². The molecule has 2 aromatic rings. The Balaban J connectivity index is 2.08. The average Bonchev–Trinajstić information content (AvgIpc) is 2.61. The Kier molecular flexibility index (Phi) is 3.03. The van der Waals surface area contributed by atoms with E-state index in [9.17, 15) is 4.79 Å². The minimum Gasteiger partial charge on any atom is -0.313 e. The molecule has 0 bridgehead atoms. The van der Waals surface area contributed by atoms with Gasteiger partial charge >= 0.3 is 5.69 Å². The zero-order chi connectivity index (χ0) is 12.7. The number of rotatable bonds is 3. The number of halogens is 1. The van der Waals surface area contributed by atoms with Crippen LogP contribution in [0.15, 0.2) is 21.4 Å². The highest BCUT2D eigenvalue weighted by Crippen LogP contribution is 2.40. The van der Waals surface area contributed by atoms with E-state index in [0.717, 1.165) is 15.5 Å². The van der Waals surface area contributed by atoms with Gasteiger partial charge in [-0.1, -0.05) is 22.4 Å². The van der Waals surface area contributed by atoms with Crippen molar-refractivity contribution in [1.29, 1.82) is 0 Å². The quantitative estimate of drug-likeness (QED) is 0.816. The third kappa shape index (κ3) is 1.91. The molecule has 1 heterocycles. The number of hydrogen-bond acceptors (Lipinski definition) is 2. The zero-order valence-corrected chi connectivity index (χ0v) is 11.8. The summed E-state index contributed by atoms with van der Waals surface area (Å²) >= 11 is 3.61. The van der Waals surface area contributed by atoms with Crippen molar-refractivity contribution in [3.63, 3.8) is 0 Å². The molecular weight excluding hydrogens is 294 g/mol. The molecule has 3 rings (SSSR count). The summed E-state index contributed by atoms with van der Waals surface area (Å²) in [6, 6.07) is 4.40. The van der Waals surface area contributed by atoms with Crippen LogP contribution < -0.4 is 11.0 Å². The average molecular weight is 310 g/mol. The second-order valence-electron chi connectivity index (χ2n) is 4.96. The third-order valence-corrected chi connectivity index (χ3v) is 4.59. The highest BCUT2D eigenvalue weighted by Gasteiger charge is 2.28. The van der Waals surface area contributed by atoms with Crippen molar-refractivity contribution in [3.8, 4) is 0 Å². The van der Waals surface area contributed by atoms with Gasteiger partial charge in [0.15, 0.2) is 0 Å².